The molecule has 2 aliphatic rings. The first-order valence-electron chi connectivity index (χ1n) is 7.23. The molecule has 1 heteroatoms. The lowest BCUT2D eigenvalue weighted by Gasteiger charge is -2.74. The van der Waals surface area contributed by atoms with Crippen molar-refractivity contribution >= 4 is 5.71 Å². The van der Waals surface area contributed by atoms with E-state index in [1.54, 1.807) is 0 Å². The standard InChI is InChI=1S/C13H23N.C3H8/c1-8(2)14-11-7-10-12(4,5)9(3)13(10,11)6;1-3-2/h9-11H,7H2,1-6H3;3H2,1-2H3/t9-,10-,11?,13-;/m1./s1. The molecule has 100 valence electrons. The Hall–Kier alpha value is -0.330. The minimum atomic E-state index is 0.515. The zero-order chi connectivity index (χ0) is 13.4. The molecule has 0 aromatic carbocycles. The highest BCUT2D eigenvalue weighted by Crippen LogP contribution is 2.73. The Balaban J connectivity index is 0.000000437. The summed E-state index contributed by atoms with van der Waals surface area (Å²) >= 11 is 0. The summed E-state index contributed by atoms with van der Waals surface area (Å²) in [7, 11) is 0. The molecule has 17 heavy (non-hydrogen) atoms. The van der Waals surface area contributed by atoms with E-state index in [0.717, 1.165) is 11.8 Å². The van der Waals surface area contributed by atoms with E-state index in [-0.39, 0.29) is 0 Å². The molecule has 4 atom stereocenters. The van der Waals surface area contributed by atoms with Crippen molar-refractivity contribution in [2.75, 3.05) is 0 Å². The second-order valence-electron chi connectivity index (χ2n) is 7.00. The molecule has 0 aromatic heterocycles. The van der Waals surface area contributed by atoms with Gasteiger partial charge in [0.25, 0.3) is 0 Å². The molecule has 0 radical (unpaired) electrons. The van der Waals surface area contributed by atoms with E-state index in [2.05, 4.69) is 55.4 Å². The zero-order valence-corrected chi connectivity index (χ0v) is 13.1. The van der Waals surface area contributed by atoms with E-state index in [4.69, 9.17) is 4.99 Å². The summed E-state index contributed by atoms with van der Waals surface area (Å²) in [4.78, 5) is 4.77. The van der Waals surface area contributed by atoms with E-state index < -0.39 is 0 Å². The van der Waals surface area contributed by atoms with Crippen LogP contribution in [0.25, 0.3) is 0 Å². The summed E-state index contributed by atoms with van der Waals surface area (Å²) in [6.45, 7) is 18.2. The summed E-state index contributed by atoms with van der Waals surface area (Å²) in [5.41, 5.74) is 2.31. The van der Waals surface area contributed by atoms with E-state index in [1.807, 2.05) is 0 Å². The van der Waals surface area contributed by atoms with Crippen LogP contribution in [0.15, 0.2) is 4.99 Å². The van der Waals surface area contributed by atoms with E-state index in [1.165, 1.54) is 18.6 Å². The van der Waals surface area contributed by atoms with E-state index in [0.29, 0.717) is 16.9 Å². The van der Waals surface area contributed by atoms with Crippen molar-refractivity contribution in [1.29, 1.82) is 0 Å². The van der Waals surface area contributed by atoms with Gasteiger partial charge in [-0.3, -0.25) is 4.99 Å². The molecule has 2 aliphatic carbocycles. The molecule has 0 aliphatic heterocycles. The summed E-state index contributed by atoms with van der Waals surface area (Å²) < 4.78 is 0. The topological polar surface area (TPSA) is 12.4 Å². The molecule has 1 nitrogen and oxygen atoms in total. The Morgan fingerprint density at radius 1 is 1.18 bits per heavy atom. The molecule has 0 saturated heterocycles. The molecular weight excluding hydrogens is 206 g/mol. The number of fused-ring (bicyclic) bond motifs is 1. The molecule has 2 rings (SSSR count). The first kappa shape index (κ1) is 14.7. The third-order valence-electron chi connectivity index (χ3n) is 5.29. The maximum atomic E-state index is 4.77. The third kappa shape index (κ3) is 2.06. The lowest BCUT2D eigenvalue weighted by molar-refractivity contribution is -0.245. The van der Waals surface area contributed by atoms with Gasteiger partial charge in [0, 0.05) is 5.71 Å². The molecular formula is C16H31N. The van der Waals surface area contributed by atoms with Gasteiger partial charge >= 0.3 is 0 Å². The lowest BCUT2D eigenvalue weighted by Crippen LogP contribution is -2.72. The molecule has 2 saturated carbocycles. The second kappa shape index (κ2) is 4.74. The van der Waals surface area contributed by atoms with Crippen LogP contribution in [0.4, 0.5) is 0 Å². The molecule has 0 bridgehead atoms. The summed E-state index contributed by atoms with van der Waals surface area (Å²) in [6, 6.07) is 0.612. The number of rotatable bonds is 1. The predicted molar refractivity (Wildman–Crippen MR) is 77.7 cm³/mol. The normalized spacial score (nSPS) is 41.1. The second-order valence-corrected chi connectivity index (χ2v) is 7.00. The van der Waals surface area contributed by atoms with Gasteiger partial charge in [-0.1, -0.05) is 48.0 Å². The Morgan fingerprint density at radius 3 is 2.00 bits per heavy atom. The SMILES string of the molecule is CC(C)=NC1C[C@@H]2C(C)(C)[C@@H](C)[C@@]12C.CCC. The molecule has 0 spiro atoms. The van der Waals surface area contributed by atoms with Crippen LogP contribution in [0.5, 0.6) is 0 Å². The average Bonchev–Trinajstić information content (AvgIpc) is 2.22. The first-order valence-corrected chi connectivity index (χ1v) is 7.23. The lowest BCUT2D eigenvalue weighted by atomic mass is 9.31. The number of aliphatic imine (C=N–C) groups is 1. The van der Waals surface area contributed by atoms with Gasteiger partial charge in [-0.05, 0) is 42.9 Å². The van der Waals surface area contributed by atoms with Crippen molar-refractivity contribution in [2.45, 2.75) is 74.3 Å². The number of hydrogen-bond donors (Lipinski definition) is 0. The Labute approximate surface area is 108 Å². The number of hydrogen-bond acceptors (Lipinski definition) is 1. The monoisotopic (exact) mass is 237 g/mol. The minimum absolute atomic E-state index is 0.515. The van der Waals surface area contributed by atoms with Crippen molar-refractivity contribution in [3.05, 3.63) is 0 Å². The molecule has 0 aromatic rings. The van der Waals surface area contributed by atoms with Crippen molar-refractivity contribution in [3.63, 3.8) is 0 Å². The van der Waals surface area contributed by atoms with E-state index in [9.17, 15) is 0 Å². The van der Waals surface area contributed by atoms with Crippen LogP contribution in [0.3, 0.4) is 0 Å². The van der Waals surface area contributed by atoms with Crippen LogP contribution < -0.4 is 0 Å². The van der Waals surface area contributed by atoms with Crippen molar-refractivity contribution in [1.82, 2.24) is 0 Å². The highest BCUT2D eigenvalue weighted by atomic mass is 14.9. The quantitative estimate of drug-likeness (QED) is 0.572. The van der Waals surface area contributed by atoms with Crippen molar-refractivity contribution in [3.8, 4) is 0 Å². The zero-order valence-electron chi connectivity index (χ0n) is 13.1. The molecule has 0 amide bonds. The van der Waals surface area contributed by atoms with E-state index >= 15 is 0 Å². The Morgan fingerprint density at radius 2 is 1.65 bits per heavy atom. The van der Waals surface area contributed by atoms with Gasteiger partial charge in [0.15, 0.2) is 0 Å². The summed E-state index contributed by atoms with van der Waals surface area (Å²) in [6.07, 6.45) is 2.57. The predicted octanol–water partition coefficient (Wildman–Crippen LogP) is 4.95. The highest BCUT2D eigenvalue weighted by molar-refractivity contribution is 5.79. The van der Waals surface area contributed by atoms with Crippen molar-refractivity contribution in [2.24, 2.45) is 27.7 Å². The van der Waals surface area contributed by atoms with Crippen LogP contribution in [0.2, 0.25) is 0 Å². The summed E-state index contributed by atoms with van der Waals surface area (Å²) in [5, 5.41) is 0. The van der Waals surface area contributed by atoms with Gasteiger partial charge in [-0.2, -0.15) is 0 Å². The maximum absolute atomic E-state index is 4.77. The van der Waals surface area contributed by atoms with Gasteiger partial charge in [0.05, 0.1) is 6.04 Å². The highest BCUT2D eigenvalue weighted by Gasteiger charge is 2.71. The van der Waals surface area contributed by atoms with Crippen molar-refractivity contribution < 1.29 is 0 Å². The fourth-order valence-corrected chi connectivity index (χ4v) is 4.01. The Kier molecular flexibility index (Phi) is 4.11. The van der Waals surface area contributed by atoms with Gasteiger partial charge in [0.1, 0.15) is 0 Å². The fraction of sp³-hybridized carbons (Fsp3) is 0.938. The molecule has 0 heterocycles. The minimum Gasteiger partial charge on any atom is -0.291 e. The largest absolute Gasteiger partial charge is 0.291 e. The van der Waals surface area contributed by atoms with Crippen LogP contribution in [-0.2, 0) is 0 Å². The first-order chi connectivity index (χ1) is 7.72. The molecule has 2 fully saturated rings. The van der Waals surface area contributed by atoms with Crippen LogP contribution in [0, 0.1) is 22.7 Å². The fourth-order valence-electron chi connectivity index (χ4n) is 4.01. The molecule has 1 unspecified atom stereocenters. The van der Waals surface area contributed by atoms with Crippen LogP contribution >= 0.6 is 0 Å². The van der Waals surface area contributed by atoms with Gasteiger partial charge in [-0.15, -0.1) is 0 Å². The van der Waals surface area contributed by atoms with Gasteiger partial charge in [0.2, 0.25) is 0 Å². The molecule has 0 N–H and O–H groups in total. The Bertz CT molecular complexity index is 289. The van der Waals surface area contributed by atoms with Crippen LogP contribution in [0.1, 0.15) is 68.2 Å². The van der Waals surface area contributed by atoms with Gasteiger partial charge in [-0.25, -0.2) is 0 Å². The van der Waals surface area contributed by atoms with Gasteiger partial charge < -0.3 is 0 Å². The third-order valence-corrected chi connectivity index (χ3v) is 5.29. The average molecular weight is 237 g/mol. The summed E-state index contributed by atoms with van der Waals surface area (Å²) in [5.74, 6) is 1.74. The smallest absolute Gasteiger partial charge is 0.0560 e. The van der Waals surface area contributed by atoms with Crippen LogP contribution in [-0.4, -0.2) is 11.8 Å². The number of nitrogens with zero attached hydrogens (tertiary/aromatic N) is 1. The maximum Gasteiger partial charge on any atom is 0.0560 e.